The van der Waals surface area contributed by atoms with Gasteiger partial charge >= 0.3 is 0 Å². The van der Waals surface area contributed by atoms with Gasteiger partial charge in [0.05, 0.1) is 12.4 Å². The van der Waals surface area contributed by atoms with E-state index in [9.17, 15) is 18.0 Å². The Morgan fingerprint density at radius 3 is 2.50 bits per heavy atom. The first-order chi connectivity index (χ1) is 15.3. The molecule has 1 aliphatic rings. The fraction of sp³-hybridized carbons (Fsp3) is 0.261. The van der Waals surface area contributed by atoms with Gasteiger partial charge in [-0.05, 0) is 30.3 Å². The molecule has 9 heteroatoms. The lowest BCUT2D eigenvalue weighted by Crippen LogP contribution is -2.39. The van der Waals surface area contributed by atoms with Crippen LogP contribution in [0.1, 0.15) is 18.4 Å². The predicted molar refractivity (Wildman–Crippen MR) is 117 cm³/mol. The summed E-state index contributed by atoms with van der Waals surface area (Å²) in [6, 6.07) is 7.02. The Morgan fingerprint density at radius 2 is 1.84 bits per heavy atom. The maximum Gasteiger partial charge on any atom is 0.251 e. The second-order valence-corrected chi connectivity index (χ2v) is 7.70. The monoisotopic (exact) mass is 441 g/mol. The fourth-order valence-electron chi connectivity index (χ4n) is 3.63. The van der Waals surface area contributed by atoms with Crippen LogP contribution in [-0.4, -0.2) is 39.7 Å². The third kappa shape index (κ3) is 4.99. The number of piperidine rings is 1. The molecular weight excluding hydrogens is 419 g/mol. The number of carbonyl (C=O) groups excluding carboxylic acids is 1. The molecule has 3 aromatic rings. The quantitative estimate of drug-likeness (QED) is 0.592. The van der Waals surface area contributed by atoms with E-state index in [4.69, 9.17) is 0 Å². The standard InChI is InChI=1S/C23H22F3N5O/c1-30-15-17(13-28-30)22-16(12-27-14-20(22)24)2-7-21(32)29-18-3-5-19(6-4-18)31-10-8-23(25,26)9-11-31/h2-7,12-15H,8-11H2,1H3,(H,29,32)/b7-2+. The van der Waals surface area contributed by atoms with Crippen molar-refractivity contribution in [1.82, 2.24) is 14.8 Å². The van der Waals surface area contributed by atoms with E-state index in [1.54, 1.807) is 48.4 Å². The van der Waals surface area contributed by atoms with Crippen molar-refractivity contribution in [2.24, 2.45) is 7.05 Å². The number of hydrogen-bond donors (Lipinski definition) is 1. The van der Waals surface area contributed by atoms with Crippen LogP contribution >= 0.6 is 0 Å². The summed E-state index contributed by atoms with van der Waals surface area (Å²) in [7, 11) is 1.73. The molecule has 0 aliphatic carbocycles. The van der Waals surface area contributed by atoms with Gasteiger partial charge in [-0.3, -0.25) is 14.5 Å². The van der Waals surface area contributed by atoms with E-state index in [0.29, 0.717) is 35.5 Å². The van der Waals surface area contributed by atoms with Gasteiger partial charge in [0.1, 0.15) is 5.82 Å². The fourth-order valence-corrected chi connectivity index (χ4v) is 3.63. The Kier molecular flexibility index (Phi) is 5.98. The normalized spacial score (nSPS) is 15.8. The highest BCUT2D eigenvalue weighted by atomic mass is 19.3. The lowest BCUT2D eigenvalue weighted by molar-refractivity contribution is -0.111. The first kappa shape index (κ1) is 21.6. The summed E-state index contributed by atoms with van der Waals surface area (Å²) in [4.78, 5) is 18.1. The molecular formula is C23H22F3N5O. The highest BCUT2D eigenvalue weighted by Crippen LogP contribution is 2.31. The number of anilines is 2. The molecule has 1 N–H and O–H groups in total. The molecule has 1 amide bonds. The molecule has 1 aliphatic heterocycles. The number of rotatable bonds is 5. The van der Waals surface area contributed by atoms with Crippen LogP contribution < -0.4 is 10.2 Å². The Bertz CT molecular complexity index is 1130. The summed E-state index contributed by atoms with van der Waals surface area (Å²) in [6.07, 6.45) is 8.30. The van der Waals surface area contributed by atoms with Gasteiger partial charge in [-0.2, -0.15) is 5.10 Å². The first-order valence-corrected chi connectivity index (χ1v) is 10.2. The maximum absolute atomic E-state index is 14.4. The van der Waals surface area contributed by atoms with E-state index in [0.717, 1.165) is 11.9 Å². The van der Waals surface area contributed by atoms with Crippen molar-refractivity contribution >= 4 is 23.4 Å². The highest BCUT2D eigenvalue weighted by Gasteiger charge is 2.33. The molecule has 0 radical (unpaired) electrons. The molecule has 0 saturated carbocycles. The predicted octanol–water partition coefficient (Wildman–Crippen LogP) is 4.51. The van der Waals surface area contributed by atoms with Crippen LogP contribution in [0.2, 0.25) is 0 Å². The third-order valence-corrected chi connectivity index (χ3v) is 5.33. The second kappa shape index (κ2) is 8.86. The van der Waals surface area contributed by atoms with Crippen molar-refractivity contribution in [3.8, 4) is 11.1 Å². The number of aryl methyl sites for hydroxylation is 1. The van der Waals surface area contributed by atoms with Crippen LogP contribution in [0, 0.1) is 5.82 Å². The lowest BCUT2D eigenvalue weighted by Gasteiger charge is -2.33. The van der Waals surface area contributed by atoms with Crippen molar-refractivity contribution in [1.29, 1.82) is 0 Å². The largest absolute Gasteiger partial charge is 0.371 e. The number of amides is 1. The number of nitrogens with zero attached hydrogens (tertiary/aromatic N) is 4. The summed E-state index contributed by atoms with van der Waals surface area (Å²) < 4.78 is 42.6. The molecule has 166 valence electrons. The average molecular weight is 441 g/mol. The van der Waals surface area contributed by atoms with Gasteiger partial charge in [-0.15, -0.1) is 0 Å². The lowest BCUT2D eigenvalue weighted by atomic mass is 10.0. The van der Waals surface area contributed by atoms with E-state index >= 15 is 0 Å². The zero-order valence-corrected chi connectivity index (χ0v) is 17.4. The zero-order chi connectivity index (χ0) is 22.7. The van der Waals surface area contributed by atoms with E-state index in [1.165, 1.54) is 18.3 Å². The molecule has 3 heterocycles. The molecule has 0 bridgehead atoms. The first-order valence-electron chi connectivity index (χ1n) is 10.2. The minimum atomic E-state index is -2.59. The van der Waals surface area contributed by atoms with Gasteiger partial charge < -0.3 is 10.2 Å². The van der Waals surface area contributed by atoms with Crippen molar-refractivity contribution in [3.05, 3.63) is 66.5 Å². The molecule has 0 unspecified atom stereocenters. The number of nitrogens with one attached hydrogen (secondary N) is 1. The summed E-state index contributed by atoms with van der Waals surface area (Å²) in [5.41, 5.74) is 2.74. The molecule has 0 atom stereocenters. The minimum absolute atomic E-state index is 0.160. The molecule has 4 rings (SSSR count). The van der Waals surface area contributed by atoms with Gasteiger partial charge in [-0.1, -0.05) is 0 Å². The summed E-state index contributed by atoms with van der Waals surface area (Å²) >= 11 is 0. The van der Waals surface area contributed by atoms with Crippen molar-refractivity contribution < 1.29 is 18.0 Å². The zero-order valence-electron chi connectivity index (χ0n) is 17.4. The van der Waals surface area contributed by atoms with Gasteiger partial charge in [0.25, 0.3) is 5.92 Å². The smallest absolute Gasteiger partial charge is 0.251 e. The van der Waals surface area contributed by atoms with Crippen LogP contribution in [0.5, 0.6) is 0 Å². The van der Waals surface area contributed by atoms with Gasteiger partial charge in [0.2, 0.25) is 5.91 Å². The Hall–Kier alpha value is -3.62. The number of halogens is 3. The number of hydrogen-bond acceptors (Lipinski definition) is 4. The molecule has 6 nitrogen and oxygen atoms in total. The van der Waals surface area contributed by atoms with E-state index in [-0.39, 0.29) is 12.8 Å². The maximum atomic E-state index is 14.4. The SMILES string of the molecule is Cn1cc(-c2c(F)cncc2/C=C/C(=O)Nc2ccc(N3CCC(F)(F)CC3)cc2)cn1. The molecule has 2 aromatic heterocycles. The van der Waals surface area contributed by atoms with Gasteiger partial charge in [-0.25, -0.2) is 13.2 Å². The summed E-state index contributed by atoms with van der Waals surface area (Å²) in [6.45, 7) is 0.588. The molecule has 0 spiro atoms. The van der Waals surface area contributed by atoms with Crippen LogP contribution in [0.25, 0.3) is 17.2 Å². The molecule has 1 fully saturated rings. The topological polar surface area (TPSA) is 63.1 Å². The van der Waals surface area contributed by atoms with Crippen molar-refractivity contribution in [2.75, 3.05) is 23.3 Å². The Balaban J connectivity index is 1.42. The van der Waals surface area contributed by atoms with Crippen molar-refractivity contribution in [2.45, 2.75) is 18.8 Å². The van der Waals surface area contributed by atoms with Crippen molar-refractivity contribution in [3.63, 3.8) is 0 Å². The number of alkyl halides is 2. The average Bonchev–Trinajstić information content (AvgIpc) is 3.18. The number of pyridine rings is 1. The number of benzene rings is 1. The Labute approximate surface area is 183 Å². The molecule has 1 saturated heterocycles. The molecule has 32 heavy (non-hydrogen) atoms. The van der Waals surface area contributed by atoms with Crippen LogP contribution in [0.3, 0.4) is 0 Å². The van der Waals surface area contributed by atoms with E-state index in [1.807, 2.05) is 4.90 Å². The van der Waals surface area contributed by atoms with E-state index in [2.05, 4.69) is 15.4 Å². The van der Waals surface area contributed by atoms with Crippen LogP contribution in [0.15, 0.2) is 55.1 Å². The number of aromatic nitrogens is 3. The summed E-state index contributed by atoms with van der Waals surface area (Å²) in [5, 5.41) is 6.80. The van der Waals surface area contributed by atoms with Crippen LogP contribution in [0.4, 0.5) is 24.5 Å². The summed E-state index contributed by atoms with van der Waals surface area (Å²) in [5.74, 6) is -3.49. The van der Waals surface area contributed by atoms with Gasteiger partial charge in [0.15, 0.2) is 0 Å². The Morgan fingerprint density at radius 1 is 1.12 bits per heavy atom. The molecule has 1 aromatic carbocycles. The van der Waals surface area contributed by atoms with Crippen LogP contribution in [-0.2, 0) is 11.8 Å². The third-order valence-electron chi connectivity index (χ3n) is 5.33. The number of carbonyl (C=O) groups is 1. The second-order valence-electron chi connectivity index (χ2n) is 7.70. The highest BCUT2D eigenvalue weighted by molar-refractivity contribution is 6.02. The van der Waals surface area contributed by atoms with E-state index < -0.39 is 17.6 Å². The minimum Gasteiger partial charge on any atom is -0.371 e. The van der Waals surface area contributed by atoms with Gasteiger partial charge in [0, 0.05) is 79.5 Å².